The van der Waals surface area contributed by atoms with Crippen molar-refractivity contribution in [2.45, 2.75) is 51.8 Å². The standard InChI is InChI=1S/C31H33ClN6O2S/c1-21-7-3-5-14-37(21)15-6-9-28(39)38-16-12-24-27(18-38)41-31-29(24)30(34-20-35-31)36-22-10-11-26(25(32)17-22)40-19-23-8-2-4-13-33-23/h2,4,6,8-11,13,17,20-21H,3,5,7,12,14-16,18-19H2,1H3,(H,34,35,36)/b9-6+. The van der Waals surface area contributed by atoms with Crippen LogP contribution < -0.4 is 10.1 Å². The van der Waals surface area contributed by atoms with Crippen LogP contribution in [0.2, 0.25) is 5.02 Å². The number of fused-ring (bicyclic) bond motifs is 3. The van der Waals surface area contributed by atoms with E-state index in [1.54, 1.807) is 29.9 Å². The molecule has 2 aliphatic rings. The number of amides is 1. The Hall–Kier alpha value is -3.53. The van der Waals surface area contributed by atoms with Gasteiger partial charge >= 0.3 is 0 Å². The van der Waals surface area contributed by atoms with Gasteiger partial charge in [-0.3, -0.25) is 14.7 Å². The van der Waals surface area contributed by atoms with Crippen LogP contribution in [0.25, 0.3) is 10.2 Å². The van der Waals surface area contributed by atoms with Crippen molar-refractivity contribution in [1.29, 1.82) is 0 Å². The van der Waals surface area contributed by atoms with Gasteiger partial charge < -0.3 is 15.0 Å². The van der Waals surface area contributed by atoms with Crippen LogP contribution in [0, 0.1) is 0 Å². The molecule has 5 heterocycles. The number of aromatic nitrogens is 3. The van der Waals surface area contributed by atoms with E-state index < -0.39 is 0 Å². The smallest absolute Gasteiger partial charge is 0.246 e. The van der Waals surface area contributed by atoms with Crippen LogP contribution in [0.1, 0.15) is 42.3 Å². The van der Waals surface area contributed by atoms with Gasteiger partial charge in [0.2, 0.25) is 5.91 Å². The van der Waals surface area contributed by atoms with Gasteiger partial charge in [0.05, 0.1) is 22.6 Å². The molecule has 0 radical (unpaired) electrons. The lowest BCUT2D eigenvalue weighted by Gasteiger charge is -2.32. The predicted octanol–water partition coefficient (Wildman–Crippen LogP) is 6.38. The van der Waals surface area contributed by atoms with Crippen LogP contribution >= 0.6 is 22.9 Å². The zero-order valence-corrected chi connectivity index (χ0v) is 24.6. The molecule has 1 fully saturated rings. The molecule has 4 aromatic rings. The lowest BCUT2D eigenvalue weighted by Crippen LogP contribution is -2.37. The lowest BCUT2D eigenvalue weighted by molar-refractivity contribution is -0.126. The first-order valence-corrected chi connectivity index (χ1v) is 15.3. The number of rotatable bonds is 8. The summed E-state index contributed by atoms with van der Waals surface area (Å²) in [6.07, 6.45) is 11.6. The lowest BCUT2D eigenvalue weighted by atomic mass is 10.0. The van der Waals surface area contributed by atoms with Crippen molar-refractivity contribution in [2.24, 2.45) is 0 Å². The Bertz CT molecular complexity index is 1560. The van der Waals surface area contributed by atoms with E-state index in [1.165, 1.54) is 24.8 Å². The Morgan fingerprint density at radius 1 is 1.20 bits per heavy atom. The summed E-state index contributed by atoms with van der Waals surface area (Å²) in [6, 6.07) is 11.9. The highest BCUT2D eigenvalue weighted by atomic mass is 35.5. The van der Waals surface area contributed by atoms with E-state index in [4.69, 9.17) is 16.3 Å². The second-order valence-electron chi connectivity index (χ2n) is 10.5. The molecule has 212 valence electrons. The number of benzene rings is 1. The molecule has 10 heteroatoms. The first-order valence-electron chi connectivity index (χ1n) is 14.1. The minimum Gasteiger partial charge on any atom is -0.486 e. The molecular weight excluding hydrogens is 556 g/mol. The van der Waals surface area contributed by atoms with E-state index >= 15 is 0 Å². The summed E-state index contributed by atoms with van der Waals surface area (Å²) in [5.41, 5.74) is 2.85. The molecule has 0 bridgehead atoms. The van der Waals surface area contributed by atoms with E-state index in [1.807, 2.05) is 47.4 Å². The maximum Gasteiger partial charge on any atom is 0.246 e. The van der Waals surface area contributed by atoms with Crippen molar-refractivity contribution in [1.82, 2.24) is 24.8 Å². The van der Waals surface area contributed by atoms with Gasteiger partial charge in [0.25, 0.3) is 0 Å². The summed E-state index contributed by atoms with van der Waals surface area (Å²) < 4.78 is 5.86. The monoisotopic (exact) mass is 588 g/mol. The van der Waals surface area contributed by atoms with E-state index in [-0.39, 0.29) is 5.91 Å². The molecule has 1 saturated heterocycles. The van der Waals surface area contributed by atoms with Crippen LogP contribution in [0.3, 0.4) is 0 Å². The average Bonchev–Trinajstić information content (AvgIpc) is 3.37. The second kappa shape index (κ2) is 12.5. The maximum absolute atomic E-state index is 13.0. The van der Waals surface area contributed by atoms with Crippen LogP contribution in [-0.4, -0.2) is 56.3 Å². The number of nitrogens with one attached hydrogen (secondary N) is 1. The molecule has 41 heavy (non-hydrogen) atoms. The highest BCUT2D eigenvalue weighted by Gasteiger charge is 2.26. The molecular formula is C31H33ClN6O2S. The van der Waals surface area contributed by atoms with E-state index in [2.05, 4.69) is 32.1 Å². The summed E-state index contributed by atoms with van der Waals surface area (Å²) in [4.78, 5) is 32.9. The quantitative estimate of drug-likeness (QED) is 0.239. The number of halogens is 1. The number of ether oxygens (including phenoxy) is 1. The first-order chi connectivity index (χ1) is 20.0. The van der Waals surface area contributed by atoms with E-state index in [9.17, 15) is 4.79 Å². The summed E-state index contributed by atoms with van der Waals surface area (Å²) in [5, 5.41) is 4.94. The number of likely N-dealkylation sites (tertiary alicyclic amines) is 1. The summed E-state index contributed by atoms with van der Waals surface area (Å²) in [7, 11) is 0. The van der Waals surface area contributed by atoms with Crippen molar-refractivity contribution in [2.75, 3.05) is 25.0 Å². The molecule has 6 rings (SSSR count). The largest absolute Gasteiger partial charge is 0.486 e. The fourth-order valence-electron chi connectivity index (χ4n) is 5.50. The van der Waals surface area contributed by atoms with Crippen LogP contribution in [-0.2, 0) is 24.4 Å². The molecule has 1 N–H and O–H groups in total. The number of thiophene rings is 1. The minimum atomic E-state index is 0.0715. The zero-order valence-electron chi connectivity index (χ0n) is 23.1. The molecule has 1 amide bonds. The Morgan fingerprint density at radius 2 is 2.12 bits per heavy atom. The fraction of sp³-hybridized carbons (Fsp3) is 0.355. The molecule has 1 aromatic carbocycles. The first kappa shape index (κ1) is 27.6. The highest BCUT2D eigenvalue weighted by molar-refractivity contribution is 7.19. The Labute approximate surface area is 249 Å². The average molecular weight is 589 g/mol. The Morgan fingerprint density at radius 3 is 2.95 bits per heavy atom. The summed E-state index contributed by atoms with van der Waals surface area (Å²) in [6.45, 7) is 5.83. The number of carbonyl (C=O) groups is 1. The Balaban J connectivity index is 1.13. The molecule has 0 spiro atoms. The normalized spacial score (nSPS) is 17.6. The predicted molar refractivity (Wildman–Crippen MR) is 164 cm³/mol. The number of hydrogen-bond donors (Lipinski definition) is 1. The fourth-order valence-corrected chi connectivity index (χ4v) is 6.94. The molecule has 1 atom stereocenters. The number of nitrogens with zero attached hydrogens (tertiary/aromatic N) is 5. The van der Waals surface area contributed by atoms with E-state index in [0.717, 1.165) is 51.8 Å². The number of pyridine rings is 1. The molecule has 1 unspecified atom stereocenters. The van der Waals surface area contributed by atoms with Crippen molar-refractivity contribution in [3.8, 4) is 5.75 Å². The van der Waals surface area contributed by atoms with Gasteiger partial charge in [-0.2, -0.15) is 0 Å². The number of carbonyl (C=O) groups excluding carboxylic acids is 1. The third-order valence-corrected chi connectivity index (χ3v) is 9.21. The van der Waals surface area contributed by atoms with E-state index in [0.29, 0.717) is 36.5 Å². The van der Waals surface area contributed by atoms with Gasteiger partial charge in [0.15, 0.2) is 0 Å². The van der Waals surface area contributed by atoms with Gasteiger partial charge in [0, 0.05) is 42.0 Å². The van der Waals surface area contributed by atoms with Gasteiger partial charge in [0.1, 0.15) is 29.3 Å². The topological polar surface area (TPSA) is 83.5 Å². The summed E-state index contributed by atoms with van der Waals surface area (Å²) >= 11 is 8.18. The van der Waals surface area contributed by atoms with Crippen LogP contribution in [0.5, 0.6) is 5.75 Å². The van der Waals surface area contributed by atoms with Gasteiger partial charge in [-0.1, -0.05) is 30.2 Å². The molecule has 0 saturated carbocycles. The third kappa shape index (κ3) is 6.37. The van der Waals surface area contributed by atoms with Crippen molar-refractivity contribution in [3.63, 3.8) is 0 Å². The van der Waals surface area contributed by atoms with Crippen LogP contribution in [0.15, 0.2) is 61.1 Å². The Kier molecular flexibility index (Phi) is 8.46. The highest BCUT2D eigenvalue weighted by Crippen LogP contribution is 2.39. The molecule has 0 aliphatic carbocycles. The zero-order chi connectivity index (χ0) is 28.2. The van der Waals surface area contributed by atoms with Gasteiger partial charge in [-0.15, -0.1) is 11.3 Å². The number of hydrogen-bond acceptors (Lipinski definition) is 8. The number of piperidine rings is 1. The van der Waals surface area contributed by atoms with Crippen molar-refractivity contribution < 1.29 is 9.53 Å². The SMILES string of the molecule is CC1CCCCN1C/C=C/C(=O)N1CCc2c(sc3ncnc(Nc4ccc(OCc5ccccn5)c(Cl)c4)c23)C1. The maximum atomic E-state index is 13.0. The number of anilines is 2. The molecule has 2 aliphatic heterocycles. The molecule has 8 nitrogen and oxygen atoms in total. The second-order valence-corrected chi connectivity index (χ2v) is 12.0. The summed E-state index contributed by atoms with van der Waals surface area (Å²) in [5.74, 6) is 1.40. The minimum absolute atomic E-state index is 0.0715. The molecule has 3 aromatic heterocycles. The van der Waals surface area contributed by atoms with Crippen molar-refractivity contribution in [3.05, 3.63) is 82.2 Å². The van der Waals surface area contributed by atoms with Gasteiger partial charge in [-0.05, 0) is 68.6 Å². The van der Waals surface area contributed by atoms with Crippen molar-refractivity contribution >= 4 is 50.6 Å². The third-order valence-electron chi connectivity index (χ3n) is 7.79. The van der Waals surface area contributed by atoms with Gasteiger partial charge in [-0.25, -0.2) is 9.97 Å². The van der Waals surface area contributed by atoms with Crippen LogP contribution in [0.4, 0.5) is 11.5 Å².